The van der Waals surface area contributed by atoms with E-state index in [1.165, 1.54) is 37.4 Å². The van der Waals surface area contributed by atoms with Crippen molar-refractivity contribution in [2.75, 3.05) is 0 Å². The average molecular weight is 265 g/mol. The Hall–Kier alpha value is 0.479. The van der Waals surface area contributed by atoms with E-state index in [2.05, 4.69) is 12.7 Å². The van der Waals surface area contributed by atoms with Crippen molar-refractivity contribution in [2.24, 2.45) is 5.92 Å². The molecule has 0 aliphatic rings. The van der Waals surface area contributed by atoms with Crippen molar-refractivity contribution in [3.8, 4) is 0 Å². The molecule has 86 valence electrons. The second-order valence-corrected chi connectivity index (χ2v) is 6.17. The molecule has 14 heavy (non-hydrogen) atoms. The molecule has 0 amide bonds. The molecule has 0 aromatic heterocycles. The summed E-state index contributed by atoms with van der Waals surface area (Å²) in [5.74, 6) is 3.09. The minimum absolute atomic E-state index is 0.103. The molecule has 0 aromatic carbocycles. The second kappa shape index (κ2) is 10.0. The van der Waals surface area contributed by atoms with Crippen LogP contribution >= 0.6 is 0 Å². The molecule has 0 fully saturated rings. The molecule has 0 aliphatic heterocycles. The van der Waals surface area contributed by atoms with Crippen molar-refractivity contribution in [2.45, 2.75) is 69.6 Å². The quantitative estimate of drug-likeness (QED) is 0.499. The van der Waals surface area contributed by atoms with Gasteiger partial charge < -0.3 is 0 Å². The van der Waals surface area contributed by atoms with E-state index in [9.17, 15) is 5.11 Å². The Morgan fingerprint density at radius 1 is 1.21 bits per heavy atom. The summed E-state index contributed by atoms with van der Waals surface area (Å²) in [6.07, 6.45) is 7.68. The van der Waals surface area contributed by atoms with Crippen LogP contribution in [-0.2, 0) is 0 Å². The van der Waals surface area contributed by atoms with E-state index in [-0.39, 0.29) is 6.10 Å². The summed E-state index contributed by atoms with van der Waals surface area (Å²) in [5, 5.41) is 10.7. The Balaban J connectivity index is 3.51. The van der Waals surface area contributed by atoms with Gasteiger partial charge in [0.1, 0.15) is 0 Å². The van der Waals surface area contributed by atoms with Crippen LogP contribution in [0.15, 0.2) is 0 Å². The summed E-state index contributed by atoms with van der Waals surface area (Å²) in [4.78, 5) is 0. The Morgan fingerprint density at radius 3 is 2.43 bits per heavy atom. The van der Waals surface area contributed by atoms with Crippen LogP contribution in [-0.4, -0.2) is 26.2 Å². The van der Waals surface area contributed by atoms with Gasteiger partial charge in [0.05, 0.1) is 0 Å². The predicted molar refractivity (Wildman–Crippen MR) is 65.0 cm³/mol. The maximum atomic E-state index is 9.36. The monoisotopic (exact) mass is 266 g/mol. The molecule has 0 rings (SSSR count). The van der Waals surface area contributed by atoms with E-state index in [1.54, 1.807) is 0 Å². The molecular formula is C12H26OSe. The maximum absolute atomic E-state index is 9.36. The van der Waals surface area contributed by atoms with Crippen LogP contribution < -0.4 is 0 Å². The zero-order valence-corrected chi connectivity index (χ0v) is 11.7. The summed E-state index contributed by atoms with van der Waals surface area (Å²) in [5.41, 5.74) is 0. The van der Waals surface area contributed by atoms with E-state index in [1.807, 2.05) is 6.92 Å². The third kappa shape index (κ3) is 9.05. The molecular weight excluding hydrogens is 239 g/mol. The molecule has 0 aliphatic carbocycles. The first-order valence-electron chi connectivity index (χ1n) is 5.87. The molecule has 2 heteroatoms. The Morgan fingerprint density at radius 2 is 1.93 bits per heavy atom. The van der Waals surface area contributed by atoms with Gasteiger partial charge in [-0.1, -0.05) is 0 Å². The van der Waals surface area contributed by atoms with E-state index in [4.69, 9.17) is 0 Å². The van der Waals surface area contributed by atoms with E-state index in [0.29, 0.717) is 0 Å². The molecule has 2 unspecified atom stereocenters. The predicted octanol–water partition coefficient (Wildman–Crippen LogP) is 3.51. The van der Waals surface area contributed by atoms with Gasteiger partial charge in [0.2, 0.25) is 0 Å². The van der Waals surface area contributed by atoms with Gasteiger partial charge >= 0.3 is 95.6 Å². The van der Waals surface area contributed by atoms with E-state index in [0.717, 1.165) is 27.3 Å². The van der Waals surface area contributed by atoms with E-state index >= 15 is 0 Å². The first-order valence-corrected chi connectivity index (χ1v) is 8.80. The third-order valence-electron chi connectivity index (χ3n) is 2.54. The zero-order valence-electron chi connectivity index (χ0n) is 9.96. The van der Waals surface area contributed by atoms with Crippen LogP contribution in [0.5, 0.6) is 0 Å². The van der Waals surface area contributed by atoms with Crippen molar-refractivity contribution < 1.29 is 5.11 Å². The van der Waals surface area contributed by atoms with Crippen molar-refractivity contribution in [3.05, 3.63) is 0 Å². The van der Waals surface area contributed by atoms with Crippen molar-refractivity contribution in [1.82, 2.24) is 0 Å². The molecule has 0 bridgehead atoms. The molecule has 1 nitrogen and oxygen atoms in total. The molecule has 0 saturated carbocycles. The number of aliphatic hydroxyl groups is 1. The van der Waals surface area contributed by atoms with Crippen LogP contribution in [0.25, 0.3) is 0 Å². The van der Waals surface area contributed by atoms with Gasteiger partial charge in [-0.15, -0.1) is 0 Å². The molecule has 0 saturated heterocycles. The van der Waals surface area contributed by atoms with Gasteiger partial charge in [0.25, 0.3) is 0 Å². The Bertz CT molecular complexity index is 115. The molecule has 0 radical (unpaired) electrons. The van der Waals surface area contributed by atoms with Crippen LogP contribution in [0.4, 0.5) is 0 Å². The fourth-order valence-electron chi connectivity index (χ4n) is 1.85. The average Bonchev–Trinajstić information content (AvgIpc) is 2.12. The van der Waals surface area contributed by atoms with Crippen molar-refractivity contribution in [1.29, 1.82) is 0 Å². The first-order chi connectivity index (χ1) is 6.70. The fourth-order valence-corrected chi connectivity index (χ4v) is 3.47. The second-order valence-electron chi connectivity index (χ2n) is 4.26. The Labute approximate surface area is 95.8 Å². The van der Waals surface area contributed by atoms with Crippen LogP contribution in [0.3, 0.4) is 0 Å². The summed E-state index contributed by atoms with van der Waals surface area (Å²) >= 11 is 0.768. The number of hydrogen-bond acceptors (Lipinski definition) is 1. The molecule has 1 N–H and O–H groups in total. The van der Waals surface area contributed by atoms with Crippen LogP contribution in [0.1, 0.15) is 52.4 Å². The van der Waals surface area contributed by atoms with Gasteiger partial charge in [-0.25, -0.2) is 0 Å². The molecule has 0 heterocycles. The first kappa shape index (κ1) is 14.5. The molecule has 2 atom stereocenters. The van der Waals surface area contributed by atoms with Gasteiger partial charge in [-0.2, -0.15) is 0 Å². The van der Waals surface area contributed by atoms with Crippen molar-refractivity contribution >= 4 is 15.0 Å². The van der Waals surface area contributed by atoms with Crippen molar-refractivity contribution in [3.63, 3.8) is 0 Å². The topological polar surface area (TPSA) is 20.2 Å². The van der Waals surface area contributed by atoms with Crippen LogP contribution in [0, 0.1) is 5.92 Å². The van der Waals surface area contributed by atoms with Gasteiger partial charge in [-0.3, -0.25) is 0 Å². The number of hydrogen-bond donors (Lipinski definition) is 1. The summed E-state index contributed by atoms with van der Waals surface area (Å²) in [6.45, 7) is 4.17. The van der Waals surface area contributed by atoms with Crippen LogP contribution in [0.2, 0.25) is 11.1 Å². The standard InChI is InChI=1S/C12H26OSe/c1-4-5-6-7-8-12(10-14-3)9-11(2)13/h11-13H,4-10H2,1-3H3. The third-order valence-corrected chi connectivity index (χ3v) is 4.23. The molecule has 0 aromatic rings. The zero-order chi connectivity index (χ0) is 10.8. The fraction of sp³-hybridized carbons (Fsp3) is 1.00. The minimum atomic E-state index is -0.103. The van der Waals surface area contributed by atoms with E-state index < -0.39 is 0 Å². The van der Waals surface area contributed by atoms with Gasteiger partial charge in [0, 0.05) is 0 Å². The SMILES string of the molecule is CCCCCCC(C[Se]C)CC(C)O. The van der Waals surface area contributed by atoms with Gasteiger partial charge in [-0.05, 0) is 0 Å². The molecule has 0 spiro atoms. The number of unbranched alkanes of at least 4 members (excludes halogenated alkanes) is 3. The summed E-state index contributed by atoms with van der Waals surface area (Å²) in [6, 6.07) is 0. The van der Waals surface area contributed by atoms with Gasteiger partial charge in [0.15, 0.2) is 0 Å². The summed E-state index contributed by atoms with van der Waals surface area (Å²) < 4.78 is 0. The number of rotatable bonds is 9. The Kier molecular flexibility index (Phi) is 10.4. The summed E-state index contributed by atoms with van der Waals surface area (Å²) in [7, 11) is 0. The number of aliphatic hydroxyl groups excluding tert-OH is 1. The normalized spacial score (nSPS) is 15.4.